The highest BCUT2D eigenvalue weighted by Crippen LogP contribution is 2.30. The first-order valence-electron chi connectivity index (χ1n) is 9.55. The fourth-order valence-corrected chi connectivity index (χ4v) is 3.59. The van der Waals surface area contributed by atoms with Gasteiger partial charge in [0.05, 0.1) is 6.04 Å². The summed E-state index contributed by atoms with van der Waals surface area (Å²) in [4.78, 5) is 25.4. The summed E-state index contributed by atoms with van der Waals surface area (Å²) in [6.45, 7) is 2.40. The quantitative estimate of drug-likeness (QED) is 0.731. The van der Waals surface area contributed by atoms with Crippen molar-refractivity contribution in [1.82, 2.24) is 16.0 Å². The molecule has 1 unspecified atom stereocenters. The first-order chi connectivity index (χ1) is 13.1. The summed E-state index contributed by atoms with van der Waals surface area (Å²) in [5, 5.41) is 8.89. The van der Waals surface area contributed by atoms with Crippen LogP contribution in [0.4, 0.5) is 4.79 Å². The third kappa shape index (κ3) is 4.88. The number of urea groups is 1. The zero-order valence-electron chi connectivity index (χ0n) is 15.7. The molecule has 1 aliphatic rings. The van der Waals surface area contributed by atoms with Gasteiger partial charge >= 0.3 is 6.03 Å². The lowest BCUT2D eigenvalue weighted by atomic mass is 9.95. The third-order valence-electron chi connectivity index (χ3n) is 5.19. The predicted molar refractivity (Wildman–Crippen MR) is 106 cm³/mol. The number of nitrogens with one attached hydrogen (secondary N) is 3. The first-order valence-corrected chi connectivity index (χ1v) is 9.55. The van der Waals surface area contributed by atoms with Crippen molar-refractivity contribution in [1.29, 1.82) is 0 Å². The van der Waals surface area contributed by atoms with E-state index in [4.69, 9.17) is 0 Å². The predicted octanol–water partition coefficient (Wildman–Crippen LogP) is 3.68. The summed E-state index contributed by atoms with van der Waals surface area (Å²) in [5.41, 5.74) is 1.24. The Balaban J connectivity index is 1.60. The van der Waals surface area contributed by atoms with Gasteiger partial charge in [-0.15, -0.1) is 0 Å². The van der Waals surface area contributed by atoms with E-state index in [0.29, 0.717) is 19.4 Å². The molecule has 3 amide bonds. The van der Waals surface area contributed by atoms with Gasteiger partial charge < -0.3 is 16.0 Å². The van der Waals surface area contributed by atoms with Crippen LogP contribution >= 0.6 is 0 Å². The highest BCUT2D eigenvalue weighted by Gasteiger charge is 2.42. The molecule has 3 N–H and O–H groups in total. The smallest absolute Gasteiger partial charge is 0.315 e. The van der Waals surface area contributed by atoms with Gasteiger partial charge in [0.25, 0.3) is 0 Å². The number of amides is 3. The Labute approximate surface area is 160 Å². The molecule has 0 bridgehead atoms. The van der Waals surface area contributed by atoms with Gasteiger partial charge in [-0.1, -0.05) is 73.5 Å². The third-order valence-corrected chi connectivity index (χ3v) is 5.19. The number of rotatable bonds is 6. The van der Waals surface area contributed by atoms with Crippen LogP contribution in [0.25, 0.3) is 0 Å². The summed E-state index contributed by atoms with van der Waals surface area (Å²) in [6.07, 6.45) is 3.20. The Kier molecular flexibility index (Phi) is 6.12. The van der Waals surface area contributed by atoms with Crippen LogP contribution in [0.1, 0.15) is 49.8 Å². The highest BCUT2D eigenvalue weighted by molar-refractivity contribution is 5.91. The molecule has 0 aromatic heterocycles. The molecular weight excluding hydrogens is 338 g/mol. The molecule has 0 radical (unpaired) electrons. The minimum atomic E-state index is -0.830. The molecule has 1 fully saturated rings. The van der Waals surface area contributed by atoms with Crippen molar-refractivity contribution in [2.24, 2.45) is 0 Å². The van der Waals surface area contributed by atoms with Gasteiger partial charge in [-0.25, -0.2) is 4.79 Å². The lowest BCUT2D eigenvalue weighted by molar-refractivity contribution is -0.127. The van der Waals surface area contributed by atoms with Gasteiger partial charge in [0.15, 0.2) is 0 Å². The Hall–Kier alpha value is -2.82. The summed E-state index contributed by atoms with van der Waals surface area (Å²) in [6, 6.07) is 19.2. The Morgan fingerprint density at radius 1 is 0.963 bits per heavy atom. The Morgan fingerprint density at radius 3 is 2.19 bits per heavy atom. The number of carbonyl (C=O) groups is 2. The van der Waals surface area contributed by atoms with Crippen molar-refractivity contribution >= 4 is 11.9 Å². The maximum absolute atomic E-state index is 13.0. The van der Waals surface area contributed by atoms with E-state index in [1.54, 1.807) is 0 Å². The molecule has 5 heteroatoms. The van der Waals surface area contributed by atoms with Crippen LogP contribution in [-0.4, -0.2) is 17.5 Å². The summed E-state index contributed by atoms with van der Waals surface area (Å²) in [5.74, 6) is -0.105. The van der Waals surface area contributed by atoms with Crippen LogP contribution < -0.4 is 16.0 Å². The minimum Gasteiger partial charge on any atom is -0.348 e. The van der Waals surface area contributed by atoms with Gasteiger partial charge in [-0.2, -0.15) is 0 Å². The molecule has 0 saturated heterocycles. The van der Waals surface area contributed by atoms with Gasteiger partial charge in [-0.05, 0) is 30.9 Å². The van der Waals surface area contributed by atoms with Gasteiger partial charge in [0.2, 0.25) is 5.91 Å². The standard InChI is InChI=1S/C22H27N3O2/c1-17(19-12-6-3-7-13-19)24-20(26)22(14-8-9-15-22)25-21(27)23-16-18-10-4-2-5-11-18/h2-7,10-13,17H,8-9,14-16H2,1H3,(H,24,26)(H2,23,25,27). The molecule has 0 heterocycles. The van der Waals surface area contributed by atoms with Crippen LogP contribution in [0.15, 0.2) is 60.7 Å². The summed E-state index contributed by atoms with van der Waals surface area (Å²) < 4.78 is 0. The first kappa shape index (κ1) is 19.0. The SMILES string of the molecule is CC(NC(=O)C1(NC(=O)NCc2ccccc2)CCCC1)c1ccccc1. The molecule has 2 aromatic carbocycles. The van der Waals surface area contributed by atoms with Gasteiger partial charge in [0, 0.05) is 6.54 Å². The van der Waals surface area contributed by atoms with E-state index in [-0.39, 0.29) is 18.0 Å². The second-order valence-electron chi connectivity index (χ2n) is 7.19. The van der Waals surface area contributed by atoms with Crippen molar-refractivity contribution in [3.8, 4) is 0 Å². The molecule has 1 atom stereocenters. The van der Waals surface area contributed by atoms with Crippen molar-refractivity contribution < 1.29 is 9.59 Å². The van der Waals surface area contributed by atoms with Crippen molar-refractivity contribution in [3.05, 3.63) is 71.8 Å². The molecule has 2 aromatic rings. The molecule has 1 aliphatic carbocycles. The minimum absolute atomic E-state index is 0.105. The van der Waals surface area contributed by atoms with Crippen LogP contribution in [0.5, 0.6) is 0 Å². The van der Waals surface area contributed by atoms with Crippen molar-refractivity contribution in [2.75, 3.05) is 0 Å². The monoisotopic (exact) mass is 365 g/mol. The molecule has 1 saturated carbocycles. The molecule has 0 aliphatic heterocycles. The van der Waals surface area contributed by atoms with E-state index in [9.17, 15) is 9.59 Å². The average molecular weight is 365 g/mol. The summed E-state index contributed by atoms with van der Waals surface area (Å²) >= 11 is 0. The lowest BCUT2D eigenvalue weighted by Gasteiger charge is -2.30. The molecule has 5 nitrogen and oxygen atoms in total. The Morgan fingerprint density at radius 2 is 1.56 bits per heavy atom. The second-order valence-corrected chi connectivity index (χ2v) is 7.19. The summed E-state index contributed by atoms with van der Waals surface area (Å²) in [7, 11) is 0. The maximum atomic E-state index is 13.0. The van der Waals surface area contributed by atoms with E-state index in [0.717, 1.165) is 24.0 Å². The number of hydrogen-bond acceptors (Lipinski definition) is 2. The average Bonchev–Trinajstić information content (AvgIpc) is 3.17. The molecule has 27 heavy (non-hydrogen) atoms. The normalized spacial score (nSPS) is 16.3. The zero-order valence-corrected chi connectivity index (χ0v) is 15.7. The van der Waals surface area contributed by atoms with Crippen molar-refractivity contribution in [2.45, 2.75) is 50.7 Å². The van der Waals surface area contributed by atoms with Gasteiger partial charge in [-0.3, -0.25) is 4.79 Å². The second kappa shape index (κ2) is 8.71. The van der Waals surface area contributed by atoms with Crippen molar-refractivity contribution in [3.63, 3.8) is 0 Å². The molecule has 0 spiro atoms. The number of carbonyl (C=O) groups excluding carboxylic acids is 2. The number of benzene rings is 2. The van der Waals surface area contributed by atoms with E-state index >= 15 is 0 Å². The van der Waals surface area contributed by atoms with E-state index in [1.165, 1.54) is 0 Å². The fraction of sp³-hybridized carbons (Fsp3) is 0.364. The molecule has 3 rings (SSSR count). The van der Waals surface area contributed by atoms with E-state index < -0.39 is 5.54 Å². The number of hydrogen-bond donors (Lipinski definition) is 3. The van der Waals surface area contributed by atoms with E-state index in [2.05, 4.69) is 16.0 Å². The van der Waals surface area contributed by atoms with Crippen LogP contribution in [0.2, 0.25) is 0 Å². The lowest BCUT2D eigenvalue weighted by Crippen LogP contribution is -2.59. The Bertz CT molecular complexity index is 756. The van der Waals surface area contributed by atoms with Crippen LogP contribution in [-0.2, 0) is 11.3 Å². The maximum Gasteiger partial charge on any atom is 0.315 e. The largest absolute Gasteiger partial charge is 0.348 e. The fourth-order valence-electron chi connectivity index (χ4n) is 3.59. The molecule has 142 valence electrons. The van der Waals surface area contributed by atoms with Gasteiger partial charge in [0.1, 0.15) is 5.54 Å². The van der Waals surface area contributed by atoms with E-state index in [1.807, 2.05) is 67.6 Å². The highest BCUT2D eigenvalue weighted by atomic mass is 16.2. The molecular formula is C22H27N3O2. The zero-order chi connectivity index (χ0) is 19.1. The van der Waals surface area contributed by atoms with Crippen LogP contribution in [0.3, 0.4) is 0 Å². The topological polar surface area (TPSA) is 70.2 Å². The van der Waals surface area contributed by atoms with Crippen LogP contribution in [0, 0.1) is 0 Å².